The third-order valence-corrected chi connectivity index (χ3v) is 2.83. The Morgan fingerprint density at radius 1 is 1.18 bits per heavy atom. The van der Waals surface area contributed by atoms with Crippen molar-refractivity contribution in [1.82, 2.24) is 0 Å². The summed E-state index contributed by atoms with van der Waals surface area (Å²) in [5.74, 6) is -0.613. The lowest BCUT2D eigenvalue weighted by Crippen LogP contribution is -2.08. The maximum atomic E-state index is 13.4. The lowest BCUT2D eigenvalue weighted by atomic mass is 10.2. The molecule has 5 heteroatoms. The highest BCUT2D eigenvalue weighted by Crippen LogP contribution is 2.18. The van der Waals surface area contributed by atoms with E-state index in [1.807, 2.05) is 6.92 Å². The van der Waals surface area contributed by atoms with Gasteiger partial charge >= 0.3 is 5.97 Å². The zero-order chi connectivity index (χ0) is 15.9. The molecule has 0 aliphatic heterocycles. The quantitative estimate of drug-likeness (QED) is 0.624. The van der Waals surface area contributed by atoms with Gasteiger partial charge in [-0.1, -0.05) is 6.92 Å². The first kappa shape index (κ1) is 15.5. The molecule has 112 valence electrons. The largest absolute Gasteiger partial charge is 0.494 e. The lowest BCUT2D eigenvalue weighted by Gasteiger charge is -2.07. The predicted molar refractivity (Wildman–Crippen MR) is 78.3 cm³/mol. The van der Waals surface area contributed by atoms with Gasteiger partial charge in [-0.15, -0.1) is 0 Å². The molecule has 0 aromatic heterocycles. The zero-order valence-electron chi connectivity index (χ0n) is 12.0. The predicted octanol–water partition coefficient (Wildman–Crippen LogP) is 3.71. The second-order valence-corrected chi connectivity index (χ2v) is 4.52. The van der Waals surface area contributed by atoms with Crippen molar-refractivity contribution in [1.29, 1.82) is 5.26 Å². The molecule has 0 saturated heterocycles. The number of hydrogen-bond acceptors (Lipinski definition) is 4. The fourth-order valence-electron chi connectivity index (χ4n) is 1.72. The molecule has 22 heavy (non-hydrogen) atoms. The van der Waals surface area contributed by atoms with Gasteiger partial charge in [-0.05, 0) is 42.8 Å². The summed E-state index contributed by atoms with van der Waals surface area (Å²) < 4.78 is 23.9. The van der Waals surface area contributed by atoms with Crippen LogP contribution in [0.1, 0.15) is 29.3 Å². The molecule has 0 aliphatic rings. The summed E-state index contributed by atoms with van der Waals surface area (Å²) in [7, 11) is 0. The van der Waals surface area contributed by atoms with Crippen LogP contribution in [0.2, 0.25) is 0 Å². The van der Waals surface area contributed by atoms with Gasteiger partial charge in [0.15, 0.2) is 0 Å². The van der Waals surface area contributed by atoms with Gasteiger partial charge in [0.05, 0.1) is 17.7 Å². The van der Waals surface area contributed by atoms with E-state index in [2.05, 4.69) is 0 Å². The van der Waals surface area contributed by atoms with Gasteiger partial charge in [-0.3, -0.25) is 0 Å². The van der Waals surface area contributed by atoms with Crippen molar-refractivity contribution in [2.24, 2.45) is 0 Å². The Balaban J connectivity index is 2.06. The van der Waals surface area contributed by atoms with E-state index in [4.69, 9.17) is 14.7 Å². The number of ether oxygens (including phenoxy) is 2. The summed E-state index contributed by atoms with van der Waals surface area (Å²) >= 11 is 0. The van der Waals surface area contributed by atoms with E-state index in [0.29, 0.717) is 17.9 Å². The van der Waals surface area contributed by atoms with Crippen LogP contribution in [-0.4, -0.2) is 12.6 Å². The number of nitriles is 1. The molecule has 0 fully saturated rings. The van der Waals surface area contributed by atoms with Crippen LogP contribution in [0, 0.1) is 17.1 Å². The molecule has 0 radical (unpaired) electrons. The molecule has 0 saturated carbocycles. The molecule has 0 amide bonds. The van der Waals surface area contributed by atoms with Gasteiger partial charge in [0.1, 0.15) is 23.4 Å². The molecule has 0 unspecified atom stereocenters. The third-order valence-electron chi connectivity index (χ3n) is 2.83. The van der Waals surface area contributed by atoms with E-state index in [0.717, 1.165) is 12.5 Å². The molecule has 0 spiro atoms. The average molecular weight is 299 g/mol. The second kappa shape index (κ2) is 7.23. The SMILES string of the molecule is CCCOc1ccc(C(=O)Oc2ccc(C#N)c(F)c2)cc1. The van der Waals surface area contributed by atoms with Crippen LogP contribution in [0.5, 0.6) is 11.5 Å². The zero-order valence-corrected chi connectivity index (χ0v) is 12.0. The fourth-order valence-corrected chi connectivity index (χ4v) is 1.72. The highest BCUT2D eigenvalue weighted by molar-refractivity contribution is 5.91. The Bertz CT molecular complexity index is 705. The maximum Gasteiger partial charge on any atom is 0.343 e. The number of carbonyl (C=O) groups excluding carboxylic acids is 1. The Hall–Kier alpha value is -2.87. The van der Waals surface area contributed by atoms with E-state index < -0.39 is 11.8 Å². The lowest BCUT2D eigenvalue weighted by molar-refractivity contribution is 0.0734. The van der Waals surface area contributed by atoms with Crippen LogP contribution in [0.3, 0.4) is 0 Å². The van der Waals surface area contributed by atoms with E-state index in [1.54, 1.807) is 30.3 Å². The molecule has 4 nitrogen and oxygen atoms in total. The van der Waals surface area contributed by atoms with Crippen molar-refractivity contribution in [3.8, 4) is 17.6 Å². The van der Waals surface area contributed by atoms with Crippen LogP contribution in [0.15, 0.2) is 42.5 Å². The van der Waals surface area contributed by atoms with Crippen molar-refractivity contribution in [3.05, 3.63) is 59.4 Å². The van der Waals surface area contributed by atoms with Gasteiger partial charge in [0, 0.05) is 6.07 Å². The molecule has 0 atom stereocenters. The average Bonchev–Trinajstić information content (AvgIpc) is 2.53. The van der Waals surface area contributed by atoms with Crippen molar-refractivity contribution in [2.45, 2.75) is 13.3 Å². The first-order valence-electron chi connectivity index (χ1n) is 6.78. The van der Waals surface area contributed by atoms with Gasteiger partial charge < -0.3 is 9.47 Å². The van der Waals surface area contributed by atoms with Crippen molar-refractivity contribution in [2.75, 3.05) is 6.61 Å². The van der Waals surface area contributed by atoms with Crippen molar-refractivity contribution >= 4 is 5.97 Å². The van der Waals surface area contributed by atoms with Crippen LogP contribution < -0.4 is 9.47 Å². The minimum atomic E-state index is -0.726. The molecule has 0 N–H and O–H groups in total. The number of nitrogens with zero attached hydrogens (tertiary/aromatic N) is 1. The summed E-state index contributed by atoms with van der Waals surface area (Å²) in [5, 5.41) is 8.65. The van der Waals surface area contributed by atoms with E-state index in [9.17, 15) is 9.18 Å². The van der Waals surface area contributed by atoms with Gasteiger partial charge in [-0.2, -0.15) is 5.26 Å². The normalized spacial score (nSPS) is 9.86. The van der Waals surface area contributed by atoms with Crippen molar-refractivity contribution in [3.63, 3.8) is 0 Å². The summed E-state index contributed by atoms with van der Waals surface area (Å²) in [5.41, 5.74) is 0.228. The highest BCUT2D eigenvalue weighted by atomic mass is 19.1. The Kier molecular flexibility index (Phi) is 5.10. The Labute approximate surface area is 127 Å². The van der Waals surface area contributed by atoms with Crippen LogP contribution in [0.25, 0.3) is 0 Å². The van der Waals surface area contributed by atoms with E-state index >= 15 is 0 Å². The number of benzene rings is 2. The van der Waals surface area contributed by atoms with Crippen LogP contribution >= 0.6 is 0 Å². The fraction of sp³-hybridized carbons (Fsp3) is 0.176. The second-order valence-electron chi connectivity index (χ2n) is 4.52. The van der Waals surface area contributed by atoms with Gasteiger partial charge in [-0.25, -0.2) is 9.18 Å². The molecule has 2 rings (SSSR count). The molecule has 2 aromatic rings. The topological polar surface area (TPSA) is 59.3 Å². The molecular weight excluding hydrogens is 285 g/mol. The smallest absolute Gasteiger partial charge is 0.343 e. The first-order valence-corrected chi connectivity index (χ1v) is 6.78. The summed E-state index contributed by atoms with van der Waals surface area (Å²) in [6.45, 7) is 2.61. The standard InChI is InChI=1S/C17H14FNO3/c1-2-9-21-14-6-3-12(4-7-14)17(20)22-15-8-5-13(11-19)16(18)10-15/h3-8,10H,2,9H2,1H3. The van der Waals surface area contributed by atoms with Crippen molar-refractivity contribution < 1.29 is 18.7 Å². The maximum absolute atomic E-state index is 13.4. The highest BCUT2D eigenvalue weighted by Gasteiger charge is 2.11. The summed E-state index contributed by atoms with van der Waals surface area (Å²) in [6, 6.07) is 11.8. The van der Waals surface area contributed by atoms with Gasteiger partial charge in [0.2, 0.25) is 0 Å². The molecule has 0 aliphatic carbocycles. The van der Waals surface area contributed by atoms with Crippen LogP contribution in [0.4, 0.5) is 4.39 Å². The summed E-state index contributed by atoms with van der Waals surface area (Å²) in [4.78, 5) is 12.0. The minimum absolute atomic E-state index is 0.0489. The number of carbonyl (C=O) groups is 1. The number of hydrogen-bond donors (Lipinski definition) is 0. The third kappa shape index (κ3) is 3.83. The number of rotatable bonds is 5. The molecule has 2 aromatic carbocycles. The minimum Gasteiger partial charge on any atom is -0.494 e. The van der Waals surface area contributed by atoms with E-state index in [-0.39, 0.29) is 11.3 Å². The van der Waals surface area contributed by atoms with Gasteiger partial charge in [0.25, 0.3) is 0 Å². The Morgan fingerprint density at radius 3 is 2.45 bits per heavy atom. The van der Waals surface area contributed by atoms with Crippen LogP contribution in [-0.2, 0) is 0 Å². The van der Waals surface area contributed by atoms with E-state index in [1.165, 1.54) is 12.1 Å². The number of halogens is 1. The molecular formula is C17H14FNO3. The Morgan fingerprint density at radius 2 is 1.86 bits per heavy atom. The monoisotopic (exact) mass is 299 g/mol. The summed E-state index contributed by atoms with van der Waals surface area (Å²) in [6.07, 6.45) is 0.897. The number of esters is 1. The molecule has 0 bridgehead atoms. The molecule has 0 heterocycles. The first-order chi connectivity index (χ1) is 10.6.